The van der Waals surface area contributed by atoms with E-state index in [0.717, 1.165) is 37.6 Å². The summed E-state index contributed by atoms with van der Waals surface area (Å²) in [5.41, 5.74) is 4.21. The molecule has 0 spiro atoms. The van der Waals surface area contributed by atoms with Crippen molar-refractivity contribution in [3.8, 4) is 21.1 Å². The highest BCUT2D eigenvalue weighted by Gasteiger charge is 2.13. The molecule has 0 fully saturated rings. The average molecular weight is 377 g/mol. The van der Waals surface area contributed by atoms with Gasteiger partial charge in [-0.05, 0) is 36.8 Å². The van der Waals surface area contributed by atoms with Crippen molar-refractivity contribution in [2.75, 3.05) is 0 Å². The van der Waals surface area contributed by atoms with Crippen LogP contribution in [-0.2, 0) is 5.75 Å². The smallest absolute Gasteiger partial charge is 0.124 e. The van der Waals surface area contributed by atoms with Crippen LogP contribution in [0.5, 0.6) is 0 Å². The number of thiazole rings is 1. The van der Waals surface area contributed by atoms with Crippen LogP contribution in [0.4, 0.5) is 0 Å². The molecule has 1 aromatic carbocycles. The van der Waals surface area contributed by atoms with E-state index in [2.05, 4.69) is 27.3 Å². The first-order chi connectivity index (χ1) is 12.8. The fourth-order valence-electron chi connectivity index (χ4n) is 2.49. The van der Waals surface area contributed by atoms with E-state index in [9.17, 15) is 0 Å². The second kappa shape index (κ2) is 7.76. The van der Waals surface area contributed by atoms with Crippen LogP contribution in [0.2, 0.25) is 0 Å². The first kappa shape index (κ1) is 16.9. The minimum absolute atomic E-state index is 0.855. The third-order valence-corrected chi connectivity index (χ3v) is 6.05. The molecule has 0 bridgehead atoms. The van der Waals surface area contributed by atoms with Gasteiger partial charge < -0.3 is 0 Å². The summed E-state index contributed by atoms with van der Waals surface area (Å²) in [4.78, 5) is 9.80. The van der Waals surface area contributed by atoms with Crippen molar-refractivity contribution in [1.82, 2.24) is 20.2 Å². The van der Waals surface area contributed by atoms with E-state index in [1.807, 2.05) is 61.8 Å². The van der Waals surface area contributed by atoms with Crippen LogP contribution in [0.1, 0.15) is 11.3 Å². The number of nitrogens with zero attached hydrogens (tertiary/aromatic N) is 4. The summed E-state index contributed by atoms with van der Waals surface area (Å²) in [7, 11) is 0. The Morgan fingerprint density at radius 2 is 1.73 bits per heavy atom. The molecule has 128 valence electrons. The van der Waals surface area contributed by atoms with Crippen LogP contribution in [0.25, 0.3) is 21.1 Å². The summed E-state index contributed by atoms with van der Waals surface area (Å²) in [5.74, 6) is 0.855. The molecule has 0 unspecified atom stereocenters. The monoisotopic (exact) mass is 376 g/mol. The number of rotatable bonds is 5. The largest absolute Gasteiger partial charge is 0.265 e. The number of pyridine rings is 1. The predicted molar refractivity (Wildman–Crippen MR) is 107 cm³/mol. The predicted octanol–water partition coefficient (Wildman–Crippen LogP) is 5.26. The lowest BCUT2D eigenvalue weighted by molar-refractivity contribution is 0.936. The van der Waals surface area contributed by atoms with Crippen molar-refractivity contribution in [1.29, 1.82) is 0 Å². The lowest BCUT2D eigenvalue weighted by Gasteiger charge is -2.02. The molecule has 0 amide bonds. The second-order valence-corrected chi connectivity index (χ2v) is 7.70. The molecule has 3 aromatic heterocycles. The molecule has 0 aliphatic carbocycles. The van der Waals surface area contributed by atoms with Gasteiger partial charge in [-0.15, -0.1) is 21.5 Å². The molecule has 0 aliphatic rings. The van der Waals surface area contributed by atoms with Gasteiger partial charge in [-0.25, -0.2) is 4.98 Å². The Labute approximate surface area is 160 Å². The van der Waals surface area contributed by atoms with Crippen LogP contribution in [0.15, 0.2) is 72.0 Å². The summed E-state index contributed by atoms with van der Waals surface area (Å²) >= 11 is 3.32. The molecular weight excluding hydrogens is 360 g/mol. The molecule has 4 rings (SSSR count). The van der Waals surface area contributed by atoms with Gasteiger partial charge in [0.25, 0.3) is 0 Å². The van der Waals surface area contributed by atoms with E-state index < -0.39 is 0 Å². The molecule has 0 atom stereocenters. The fourth-order valence-corrected chi connectivity index (χ4v) is 4.30. The minimum atomic E-state index is 0.855. The quantitative estimate of drug-likeness (QED) is 0.445. The van der Waals surface area contributed by atoms with Crippen molar-refractivity contribution in [2.45, 2.75) is 17.7 Å². The highest BCUT2D eigenvalue weighted by molar-refractivity contribution is 7.98. The first-order valence-electron chi connectivity index (χ1n) is 8.18. The summed E-state index contributed by atoms with van der Waals surface area (Å²) in [6.07, 6.45) is 3.61. The Morgan fingerprint density at radius 3 is 2.46 bits per heavy atom. The topological polar surface area (TPSA) is 51.6 Å². The maximum Gasteiger partial charge on any atom is 0.124 e. The molecule has 3 heterocycles. The molecule has 0 radical (unpaired) electrons. The van der Waals surface area contributed by atoms with Gasteiger partial charge in [0.15, 0.2) is 0 Å². The standard InChI is InChI=1S/C20H16N4S2/c1-14-19(26-20(22-14)16-5-3-2-4-6-16)17-7-8-18(24-23-17)25-13-15-9-11-21-12-10-15/h2-12H,13H2,1H3. The van der Waals surface area contributed by atoms with Gasteiger partial charge in [-0.1, -0.05) is 42.1 Å². The van der Waals surface area contributed by atoms with Crippen LogP contribution in [0, 0.1) is 6.92 Å². The van der Waals surface area contributed by atoms with E-state index in [0.29, 0.717) is 0 Å². The summed E-state index contributed by atoms with van der Waals surface area (Å²) in [5, 5.41) is 10.7. The van der Waals surface area contributed by atoms with E-state index >= 15 is 0 Å². The highest BCUT2D eigenvalue weighted by Crippen LogP contribution is 2.34. The average Bonchev–Trinajstić information content (AvgIpc) is 3.10. The van der Waals surface area contributed by atoms with Crippen molar-refractivity contribution < 1.29 is 0 Å². The van der Waals surface area contributed by atoms with Crippen LogP contribution in [0.3, 0.4) is 0 Å². The summed E-state index contributed by atoms with van der Waals surface area (Å²) < 4.78 is 0. The summed E-state index contributed by atoms with van der Waals surface area (Å²) in [6.45, 7) is 2.02. The Bertz CT molecular complexity index is 984. The third-order valence-electron chi connectivity index (χ3n) is 3.83. The van der Waals surface area contributed by atoms with Gasteiger partial charge >= 0.3 is 0 Å². The number of hydrogen-bond acceptors (Lipinski definition) is 6. The van der Waals surface area contributed by atoms with Gasteiger partial charge in [0.05, 0.1) is 10.6 Å². The molecular formula is C20H16N4S2. The number of thioether (sulfide) groups is 1. The van der Waals surface area contributed by atoms with Gasteiger partial charge in [-0.2, -0.15) is 0 Å². The number of hydrogen-bond donors (Lipinski definition) is 0. The zero-order valence-corrected chi connectivity index (χ0v) is 15.8. The molecule has 26 heavy (non-hydrogen) atoms. The van der Waals surface area contributed by atoms with Crippen molar-refractivity contribution in [3.05, 3.63) is 78.2 Å². The first-order valence-corrected chi connectivity index (χ1v) is 9.98. The highest BCUT2D eigenvalue weighted by atomic mass is 32.2. The van der Waals surface area contributed by atoms with Gasteiger partial charge in [0.1, 0.15) is 15.7 Å². The third kappa shape index (κ3) is 3.81. The van der Waals surface area contributed by atoms with Crippen molar-refractivity contribution in [3.63, 3.8) is 0 Å². The number of aromatic nitrogens is 4. The maximum absolute atomic E-state index is 4.70. The number of benzene rings is 1. The lowest BCUT2D eigenvalue weighted by Crippen LogP contribution is -1.90. The van der Waals surface area contributed by atoms with E-state index in [1.54, 1.807) is 23.1 Å². The Hall–Kier alpha value is -2.57. The molecule has 4 aromatic rings. The second-order valence-electron chi connectivity index (χ2n) is 5.70. The molecule has 0 saturated carbocycles. The Morgan fingerprint density at radius 1 is 0.923 bits per heavy atom. The normalized spacial score (nSPS) is 10.8. The SMILES string of the molecule is Cc1nc(-c2ccccc2)sc1-c1ccc(SCc2ccncc2)nn1. The molecule has 4 nitrogen and oxygen atoms in total. The van der Waals surface area contributed by atoms with E-state index in [1.165, 1.54) is 5.56 Å². The molecule has 0 saturated heterocycles. The van der Waals surface area contributed by atoms with E-state index in [-0.39, 0.29) is 0 Å². The van der Waals surface area contributed by atoms with Gasteiger partial charge in [0.2, 0.25) is 0 Å². The fraction of sp³-hybridized carbons (Fsp3) is 0.100. The minimum Gasteiger partial charge on any atom is -0.265 e. The Kier molecular flexibility index (Phi) is 5.04. The van der Waals surface area contributed by atoms with Crippen molar-refractivity contribution in [2.24, 2.45) is 0 Å². The Balaban J connectivity index is 1.51. The maximum atomic E-state index is 4.70. The van der Waals surface area contributed by atoms with Crippen molar-refractivity contribution >= 4 is 23.1 Å². The number of aryl methyl sites for hydroxylation is 1. The van der Waals surface area contributed by atoms with E-state index in [4.69, 9.17) is 4.98 Å². The van der Waals surface area contributed by atoms with Gasteiger partial charge in [0, 0.05) is 23.7 Å². The lowest BCUT2D eigenvalue weighted by atomic mass is 10.2. The molecule has 6 heteroatoms. The molecule has 0 N–H and O–H groups in total. The zero-order valence-electron chi connectivity index (χ0n) is 14.2. The zero-order chi connectivity index (χ0) is 17.8. The van der Waals surface area contributed by atoms with Crippen LogP contribution < -0.4 is 0 Å². The summed E-state index contributed by atoms with van der Waals surface area (Å²) in [6, 6.07) is 18.3. The van der Waals surface area contributed by atoms with Gasteiger partial charge in [-0.3, -0.25) is 4.98 Å². The van der Waals surface area contributed by atoms with Crippen LogP contribution in [-0.4, -0.2) is 20.2 Å². The molecule has 0 aliphatic heterocycles. The van der Waals surface area contributed by atoms with Crippen LogP contribution >= 0.6 is 23.1 Å².